The second kappa shape index (κ2) is 3.71. The Morgan fingerprint density at radius 2 is 2.20 bits per heavy atom. The molecule has 2 aromatic rings. The highest BCUT2D eigenvalue weighted by atomic mass is 35.5. The fraction of sp³-hybridized carbons (Fsp3) is 0. The molecule has 0 aliphatic heterocycles. The summed E-state index contributed by atoms with van der Waals surface area (Å²) in [4.78, 5) is 0. The molecule has 1 heterocycles. The number of rotatable bonds is 1. The second-order valence-corrected chi connectivity index (χ2v) is 3.34. The molecule has 0 amide bonds. The van der Waals surface area contributed by atoms with Crippen molar-refractivity contribution < 1.29 is 4.39 Å². The van der Waals surface area contributed by atoms with Gasteiger partial charge in [-0.2, -0.15) is 10.4 Å². The van der Waals surface area contributed by atoms with Crippen LogP contribution in [0.25, 0.3) is 11.3 Å². The summed E-state index contributed by atoms with van der Waals surface area (Å²) in [6.45, 7) is 0. The molecule has 0 aliphatic carbocycles. The summed E-state index contributed by atoms with van der Waals surface area (Å²) in [6, 6.07) is 7.53. The number of hydrogen-bond donors (Lipinski definition) is 1. The minimum atomic E-state index is -0.410. The van der Waals surface area contributed by atoms with E-state index in [9.17, 15) is 4.39 Å². The molecular weight excluding hydrogens is 217 g/mol. The zero-order valence-electron chi connectivity index (χ0n) is 7.46. The summed E-state index contributed by atoms with van der Waals surface area (Å²) in [5.41, 5.74) is 0.951. The maximum absolute atomic E-state index is 13.4. The molecule has 1 aromatic carbocycles. The SMILES string of the molecule is N#Cc1cc(-c2cc(Cl)ccc2F)[nH]n1. The van der Waals surface area contributed by atoms with E-state index in [1.165, 1.54) is 24.3 Å². The molecule has 0 atom stereocenters. The van der Waals surface area contributed by atoms with Gasteiger partial charge in [0.25, 0.3) is 0 Å². The van der Waals surface area contributed by atoms with E-state index >= 15 is 0 Å². The van der Waals surface area contributed by atoms with Crippen LogP contribution < -0.4 is 0 Å². The molecule has 0 unspecified atom stereocenters. The Morgan fingerprint density at radius 1 is 1.40 bits per heavy atom. The smallest absolute Gasteiger partial charge is 0.162 e. The van der Waals surface area contributed by atoms with Crippen LogP contribution in [0, 0.1) is 17.1 Å². The number of halogens is 2. The van der Waals surface area contributed by atoms with Crippen LogP contribution in [-0.4, -0.2) is 10.2 Å². The van der Waals surface area contributed by atoms with Crippen LogP contribution in [0.5, 0.6) is 0 Å². The zero-order chi connectivity index (χ0) is 10.8. The number of H-pyrrole nitrogens is 1. The highest BCUT2D eigenvalue weighted by molar-refractivity contribution is 6.30. The van der Waals surface area contributed by atoms with E-state index in [1.807, 2.05) is 6.07 Å². The molecule has 0 aliphatic rings. The topological polar surface area (TPSA) is 52.5 Å². The summed E-state index contributed by atoms with van der Waals surface area (Å²) in [5.74, 6) is -0.410. The van der Waals surface area contributed by atoms with Gasteiger partial charge < -0.3 is 0 Å². The van der Waals surface area contributed by atoms with E-state index in [0.29, 0.717) is 16.3 Å². The second-order valence-electron chi connectivity index (χ2n) is 2.90. The number of hydrogen-bond acceptors (Lipinski definition) is 2. The first-order chi connectivity index (χ1) is 7.20. The van der Waals surface area contributed by atoms with Gasteiger partial charge in [-0.05, 0) is 18.2 Å². The fourth-order valence-corrected chi connectivity index (χ4v) is 1.39. The average molecular weight is 222 g/mol. The summed E-state index contributed by atoms with van der Waals surface area (Å²) in [6.07, 6.45) is 0. The van der Waals surface area contributed by atoms with Crippen LogP contribution in [0.1, 0.15) is 5.69 Å². The first kappa shape index (κ1) is 9.69. The molecule has 0 saturated carbocycles. The standard InChI is InChI=1S/C10H5ClFN3/c11-6-1-2-9(12)8(3-6)10-4-7(5-13)14-15-10/h1-4H,(H,14,15). The van der Waals surface area contributed by atoms with Gasteiger partial charge in [-0.25, -0.2) is 4.39 Å². The number of nitrogens with zero attached hydrogens (tertiary/aromatic N) is 2. The normalized spacial score (nSPS) is 9.93. The maximum atomic E-state index is 13.4. The quantitative estimate of drug-likeness (QED) is 0.805. The van der Waals surface area contributed by atoms with E-state index in [0.717, 1.165) is 0 Å². The Kier molecular flexibility index (Phi) is 2.40. The molecule has 5 heteroatoms. The van der Waals surface area contributed by atoms with E-state index < -0.39 is 5.82 Å². The average Bonchev–Trinajstić information content (AvgIpc) is 2.70. The molecule has 0 fully saturated rings. The van der Waals surface area contributed by atoms with Gasteiger partial charge in [-0.1, -0.05) is 11.6 Å². The Hall–Kier alpha value is -1.86. The van der Waals surface area contributed by atoms with Gasteiger partial charge in [0.05, 0.1) is 5.69 Å². The largest absolute Gasteiger partial charge is 0.276 e. The molecule has 74 valence electrons. The summed E-state index contributed by atoms with van der Waals surface area (Å²) >= 11 is 5.74. The molecule has 1 N–H and O–H groups in total. The number of nitriles is 1. The molecule has 0 saturated heterocycles. The highest BCUT2D eigenvalue weighted by Crippen LogP contribution is 2.24. The highest BCUT2D eigenvalue weighted by Gasteiger charge is 2.08. The Bertz CT molecular complexity index is 542. The van der Waals surface area contributed by atoms with Crippen molar-refractivity contribution in [2.24, 2.45) is 0 Å². The Labute approximate surface area is 90.1 Å². The van der Waals surface area contributed by atoms with Gasteiger partial charge in [0.15, 0.2) is 5.69 Å². The molecule has 0 radical (unpaired) electrons. The van der Waals surface area contributed by atoms with Crippen molar-refractivity contribution in [3.63, 3.8) is 0 Å². The number of benzene rings is 1. The summed E-state index contributed by atoms with van der Waals surface area (Å²) < 4.78 is 13.4. The van der Waals surface area contributed by atoms with E-state index in [2.05, 4.69) is 10.2 Å². The van der Waals surface area contributed by atoms with Crippen LogP contribution >= 0.6 is 11.6 Å². The minimum absolute atomic E-state index is 0.212. The monoisotopic (exact) mass is 221 g/mol. The van der Waals surface area contributed by atoms with Crippen molar-refractivity contribution >= 4 is 11.6 Å². The van der Waals surface area contributed by atoms with Crippen LogP contribution in [0.15, 0.2) is 24.3 Å². The first-order valence-electron chi connectivity index (χ1n) is 4.11. The molecule has 3 nitrogen and oxygen atoms in total. The predicted octanol–water partition coefficient (Wildman–Crippen LogP) is 2.74. The van der Waals surface area contributed by atoms with E-state index in [-0.39, 0.29) is 5.69 Å². The lowest BCUT2D eigenvalue weighted by Crippen LogP contribution is -1.84. The van der Waals surface area contributed by atoms with Crippen LogP contribution in [0.4, 0.5) is 4.39 Å². The molecule has 2 rings (SSSR count). The van der Waals surface area contributed by atoms with Gasteiger partial charge in [0.1, 0.15) is 11.9 Å². The Balaban J connectivity index is 2.54. The minimum Gasteiger partial charge on any atom is -0.276 e. The van der Waals surface area contributed by atoms with Crippen LogP contribution in [0.2, 0.25) is 5.02 Å². The number of aromatic amines is 1. The van der Waals surface area contributed by atoms with Gasteiger partial charge in [-0.3, -0.25) is 5.10 Å². The fourth-order valence-electron chi connectivity index (χ4n) is 1.22. The van der Waals surface area contributed by atoms with Crippen LogP contribution in [0.3, 0.4) is 0 Å². The number of nitrogens with one attached hydrogen (secondary N) is 1. The first-order valence-corrected chi connectivity index (χ1v) is 4.49. The van der Waals surface area contributed by atoms with E-state index in [1.54, 1.807) is 0 Å². The van der Waals surface area contributed by atoms with Crippen molar-refractivity contribution in [1.82, 2.24) is 10.2 Å². The van der Waals surface area contributed by atoms with Gasteiger partial charge in [0, 0.05) is 16.7 Å². The maximum Gasteiger partial charge on any atom is 0.162 e. The Morgan fingerprint density at radius 3 is 2.87 bits per heavy atom. The van der Waals surface area contributed by atoms with Crippen molar-refractivity contribution in [1.29, 1.82) is 5.26 Å². The van der Waals surface area contributed by atoms with Crippen molar-refractivity contribution in [2.75, 3.05) is 0 Å². The number of aromatic nitrogens is 2. The third-order valence-electron chi connectivity index (χ3n) is 1.91. The van der Waals surface area contributed by atoms with Gasteiger partial charge >= 0.3 is 0 Å². The molecule has 0 bridgehead atoms. The van der Waals surface area contributed by atoms with Crippen molar-refractivity contribution in [2.45, 2.75) is 0 Å². The summed E-state index contributed by atoms with van der Waals surface area (Å²) in [7, 11) is 0. The lowest BCUT2D eigenvalue weighted by atomic mass is 10.1. The lowest BCUT2D eigenvalue weighted by Gasteiger charge is -1.99. The molecule has 15 heavy (non-hydrogen) atoms. The third-order valence-corrected chi connectivity index (χ3v) is 2.15. The van der Waals surface area contributed by atoms with Gasteiger partial charge in [0.2, 0.25) is 0 Å². The summed E-state index contributed by atoms with van der Waals surface area (Å²) in [5, 5.41) is 15.3. The predicted molar refractivity (Wildman–Crippen MR) is 53.7 cm³/mol. The van der Waals surface area contributed by atoms with Gasteiger partial charge in [-0.15, -0.1) is 0 Å². The zero-order valence-corrected chi connectivity index (χ0v) is 8.22. The van der Waals surface area contributed by atoms with E-state index in [4.69, 9.17) is 16.9 Å². The van der Waals surface area contributed by atoms with Crippen molar-refractivity contribution in [3.05, 3.63) is 40.8 Å². The van der Waals surface area contributed by atoms with Crippen molar-refractivity contribution in [3.8, 4) is 17.3 Å². The molecular formula is C10H5ClFN3. The van der Waals surface area contributed by atoms with Crippen LogP contribution in [-0.2, 0) is 0 Å². The third kappa shape index (κ3) is 1.83. The lowest BCUT2D eigenvalue weighted by molar-refractivity contribution is 0.630. The molecule has 0 spiro atoms. The molecule has 1 aromatic heterocycles.